The molecule has 1 aromatic carbocycles. The van der Waals surface area contributed by atoms with Crippen molar-refractivity contribution in [2.45, 2.75) is 51.5 Å². The fourth-order valence-electron chi connectivity index (χ4n) is 8.22. The third-order valence-electron chi connectivity index (χ3n) is 9.17. The molecule has 8 unspecified atom stereocenters. The first-order valence-electron chi connectivity index (χ1n) is 10.5. The van der Waals surface area contributed by atoms with E-state index < -0.39 is 5.54 Å². The van der Waals surface area contributed by atoms with Gasteiger partial charge in [0.15, 0.2) is 0 Å². The van der Waals surface area contributed by atoms with Gasteiger partial charge in [-0.05, 0) is 85.5 Å². The van der Waals surface area contributed by atoms with Crippen LogP contribution in [0.1, 0.15) is 54.4 Å². The summed E-state index contributed by atoms with van der Waals surface area (Å²) in [6.45, 7) is 7.77. The second kappa shape index (κ2) is 4.97. The molecule has 8 atom stereocenters. The number of hydrogen-bond donors (Lipinski definition) is 0. The van der Waals surface area contributed by atoms with Crippen molar-refractivity contribution in [2.24, 2.45) is 29.6 Å². The summed E-state index contributed by atoms with van der Waals surface area (Å²) in [7, 11) is 0. The molecule has 150 valence electrons. The lowest BCUT2D eigenvalue weighted by Gasteiger charge is -2.61. The van der Waals surface area contributed by atoms with Crippen LogP contribution in [0.3, 0.4) is 0 Å². The van der Waals surface area contributed by atoms with Crippen molar-refractivity contribution in [3.8, 4) is 0 Å². The van der Waals surface area contributed by atoms with E-state index in [0.717, 1.165) is 17.5 Å². The van der Waals surface area contributed by atoms with E-state index in [9.17, 15) is 20.2 Å². The molecule has 29 heavy (non-hydrogen) atoms. The van der Waals surface area contributed by atoms with E-state index in [1.807, 2.05) is 26.0 Å². The van der Waals surface area contributed by atoms with Crippen molar-refractivity contribution < 1.29 is 9.85 Å². The van der Waals surface area contributed by atoms with Crippen LogP contribution in [-0.2, 0) is 0 Å². The van der Waals surface area contributed by atoms with Gasteiger partial charge in [0.05, 0.1) is 10.8 Å². The summed E-state index contributed by atoms with van der Waals surface area (Å²) >= 11 is 0. The number of fused-ring (bicyclic) bond motifs is 14. The van der Waals surface area contributed by atoms with Gasteiger partial charge < -0.3 is 0 Å². The maximum Gasteiger partial charge on any atom is 0.272 e. The van der Waals surface area contributed by atoms with Crippen molar-refractivity contribution in [1.82, 2.24) is 0 Å². The molecular formula is C23H24N2O4. The first-order chi connectivity index (χ1) is 13.7. The lowest BCUT2D eigenvalue weighted by atomic mass is 9.42. The molecule has 0 N–H and O–H groups in total. The van der Waals surface area contributed by atoms with Crippen LogP contribution in [0.2, 0.25) is 0 Å². The van der Waals surface area contributed by atoms with E-state index >= 15 is 0 Å². The summed E-state index contributed by atoms with van der Waals surface area (Å²) in [6.07, 6.45) is 4.86. The number of allylic oxidation sites excluding steroid dienone is 2. The lowest BCUT2D eigenvalue weighted by molar-refractivity contribution is -0.565. The fraction of sp³-hybridized carbons (Fsp3) is 0.565. The first-order valence-corrected chi connectivity index (χ1v) is 10.5. The molecule has 0 amide bonds. The molecule has 3 saturated carbocycles. The van der Waals surface area contributed by atoms with E-state index in [1.54, 1.807) is 13.0 Å². The lowest BCUT2D eigenvalue weighted by Crippen LogP contribution is -2.60. The van der Waals surface area contributed by atoms with E-state index in [0.29, 0.717) is 35.5 Å². The molecule has 5 aliphatic rings. The summed E-state index contributed by atoms with van der Waals surface area (Å²) in [4.78, 5) is 23.2. The van der Waals surface area contributed by atoms with Gasteiger partial charge in [-0.3, -0.25) is 20.2 Å². The molecular weight excluding hydrogens is 368 g/mol. The Hall–Kier alpha value is -2.50. The zero-order chi connectivity index (χ0) is 20.6. The highest BCUT2D eigenvalue weighted by molar-refractivity contribution is 5.64. The number of rotatable bonds is 2. The Balaban J connectivity index is 1.48. The molecule has 6 heteroatoms. The Morgan fingerprint density at radius 2 is 1.72 bits per heavy atom. The zero-order valence-electron chi connectivity index (χ0n) is 17.0. The molecule has 0 aromatic heterocycles. The van der Waals surface area contributed by atoms with Crippen LogP contribution >= 0.6 is 0 Å². The third-order valence-corrected chi connectivity index (χ3v) is 9.17. The Kier molecular flexibility index (Phi) is 2.98. The van der Waals surface area contributed by atoms with Gasteiger partial charge in [-0.25, -0.2) is 0 Å². The smallest absolute Gasteiger partial charge is 0.264 e. The number of aryl methyl sites for hydroxylation is 1. The van der Waals surface area contributed by atoms with Gasteiger partial charge >= 0.3 is 0 Å². The predicted molar refractivity (Wildman–Crippen MR) is 107 cm³/mol. The van der Waals surface area contributed by atoms with Crippen molar-refractivity contribution >= 4 is 5.69 Å². The molecule has 0 aliphatic heterocycles. The van der Waals surface area contributed by atoms with Crippen LogP contribution in [0, 0.1) is 63.7 Å². The van der Waals surface area contributed by atoms with Crippen molar-refractivity contribution in [3.63, 3.8) is 0 Å². The maximum atomic E-state index is 12.0. The number of nitrogens with zero attached hydrogens (tertiary/aromatic N) is 2. The molecule has 6 rings (SSSR count). The summed E-state index contributed by atoms with van der Waals surface area (Å²) in [6, 6.07) is 1.73. The highest BCUT2D eigenvalue weighted by atomic mass is 16.6. The molecule has 1 aromatic rings. The maximum absolute atomic E-state index is 12.0. The van der Waals surface area contributed by atoms with Gasteiger partial charge in [0.1, 0.15) is 0 Å². The highest BCUT2D eigenvalue weighted by Gasteiger charge is 2.75. The highest BCUT2D eigenvalue weighted by Crippen LogP contribution is 2.80. The molecule has 5 aliphatic carbocycles. The Bertz CT molecular complexity index is 1100. The molecule has 6 nitrogen and oxygen atoms in total. The Labute approximate surface area is 169 Å². The number of nitro groups is 2. The van der Waals surface area contributed by atoms with Gasteiger partial charge in [-0.15, -0.1) is 0 Å². The molecule has 0 heterocycles. The summed E-state index contributed by atoms with van der Waals surface area (Å²) in [5.41, 5.74) is 6.12. The quantitative estimate of drug-likeness (QED) is 0.312. The summed E-state index contributed by atoms with van der Waals surface area (Å²) in [5, 5.41) is 23.5. The number of hydrogen-bond acceptors (Lipinski definition) is 4. The molecule has 0 saturated heterocycles. The van der Waals surface area contributed by atoms with Crippen LogP contribution in [0.5, 0.6) is 0 Å². The monoisotopic (exact) mass is 392 g/mol. The van der Waals surface area contributed by atoms with Crippen LogP contribution < -0.4 is 0 Å². The topological polar surface area (TPSA) is 86.3 Å². The number of nitro benzene ring substituents is 1. The molecule has 2 bridgehead atoms. The number of benzene rings is 1. The van der Waals surface area contributed by atoms with Gasteiger partial charge in [0.25, 0.3) is 5.69 Å². The van der Waals surface area contributed by atoms with Crippen molar-refractivity contribution in [2.75, 3.05) is 0 Å². The van der Waals surface area contributed by atoms with Crippen LogP contribution in [0.4, 0.5) is 5.69 Å². The van der Waals surface area contributed by atoms with Gasteiger partial charge in [0, 0.05) is 23.5 Å². The van der Waals surface area contributed by atoms with E-state index in [2.05, 4.69) is 6.92 Å². The predicted octanol–water partition coefficient (Wildman–Crippen LogP) is 4.83. The minimum Gasteiger partial charge on any atom is -0.264 e. The largest absolute Gasteiger partial charge is 0.272 e. The SMILES string of the molecule is CC1=C2C3C4CC(C5c6c(C)cc([N+](=O)[O-])c(C)c6C45)C3C2C(C)([N+](=O)[O-])C=C1. The van der Waals surface area contributed by atoms with E-state index in [4.69, 9.17) is 0 Å². The third kappa shape index (κ3) is 1.68. The van der Waals surface area contributed by atoms with E-state index in [-0.39, 0.29) is 21.5 Å². The summed E-state index contributed by atoms with van der Waals surface area (Å²) < 4.78 is 0. The van der Waals surface area contributed by atoms with Crippen molar-refractivity contribution in [3.05, 3.63) is 71.8 Å². The standard InChI is InChI=1S/C23H24N2O4/c1-9-5-6-23(4,25(28)29)22-16(9)19-12-8-13(21(19)22)18-15-10(2)7-14(24(26)27)11(3)17(15)20(12)18/h5-7,12-13,18-22H,8H2,1-4H3. The second-order valence-electron chi connectivity index (χ2n) is 10.1. The second-order valence-corrected chi connectivity index (χ2v) is 10.1. The minimum atomic E-state index is -1.01. The first kappa shape index (κ1) is 17.4. The Morgan fingerprint density at radius 3 is 2.38 bits per heavy atom. The normalized spacial score (nSPS) is 42.4. The Morgan fingerprint density at radius 1 is 1.03 bits per heavy atom. The van der Waals surface area contributed by atoms with Crippen LogP contribution in [0.25, 0.3) is 0 Å². The molecule has 0 radical (unpaired) electrons. The van der Waals surface area contributed by atoms with Crippen LogP contribution in [-0.4, -0.2) is 15.4 Å². The summed E-state index contributed by atoms with van der Waals surface area (Å²) in [5.74, 6) is 2.56. The average molecular weight is 392 g/mol. The minimum absolute atomic E-state index is 0.00644. The molecule has 3 fully saturated rings. The fourth-order valence-corrected chi connectivity index (χ4v) is 8.22. The zero-order valence-corrected chi connectivity index (χ0v) is 17.0. The van der Waals surface area contributed by atoms with E-state index in [1.165, 1.54) is 22.3 Å². The van der Waals surface area contributed by atoms with Gasteiger partial charge in [-0.2, -0.15) is 0 Å². The van der Waals surface area contributed by atoms with Gasteiger partial charge in [-0.1, -0.05) is 17.2 Å². The average Bonchev–Trinajstić information content (AvgIpc) is 3.04. The van der Waals surface area contributed by atoms with Gasteiger partial charge in [0.2, 0.25) is 5.54 Å². The molecule has 0 spiro atoms. The van der Waals surface area contributed by atoms with Crippen molar-refractivity contribution in [1.29, 1.82) is 0 Å². The van der Waals surface area contributed by atoms with Crippen LogP contribution in [0.15, 0.2) is 29.4 Å².